The molecule has 176 valence electrons. The molecule has 0 amide bonds. The van der Waals surface area contributed by atoms with Gasteiger partial charge in [0.2, 0.25) is 0 Å². The summed E-state index contributed by atoms with van der Waals surface area (Å²) in [5.74, 6) is 4.38. The maximum Gasteiger partial charge on any atom is 0.133 e. The van der Waals surface area contributed by atoms with Crippen LogP contribution < -0.4 is 10.1 Å². The minimum Gasteiger partial charge on any atom is -0.497 e. The van der Waals surface area contributed by atoms with Gasteiger partial charge in [0.1, 0.15) is 17.9 Å². The Labute approximate surface area is 196 Å². The van der Waals surface area contributed by atoms with Gasteiger partial charge in [-0.15, -0.1) is 0 Å². The monoisotopic (exact) mass is 448 g/mol. The van der Waals surface area contributed by atoms with E-state index in [0.717, 1.165) is 61.1 Å². The third-order valence-corrected chi connectivity index (χ3v) is 8.91. The standard InChI is InChI=1S/C27H36N4O2/c1-33-22-4-2-18(3-5-22)15-31-7-6-23-24(16-31)29-17-30-26(23)28-14-25(32)27-11-19-8-20(12-27)10-21(9-19)13-27/h2-5,17,19-21,25,32H,6-16H2,1H3,(H,28,29,30). The van der Waals surface area contributed by atoms with Crippen LogP contribution in [0, 0.1) is 23.2 Å². The molecular formula is C27H36N4O2. The average Bonchev–Trinajstić information content (AvgIpc) is 2.82. The van der Waals surface area contributed by atoms with Crippen molar-refractivity contribution in [2.75, 3.05) is 25.5 Å². The highest BCUT2D eigenvalue weighted by atomic mass is 16.5. The van der Waals surface area contributed by atoms with Crippen LogP contribution in [-0.4, -0.2) is 46.3 Å². The molecule has 4 saturated carbocycles. The second-order valence-electron chi connectivity index (χ2n) is 11.1. The van der Waals surface area contributed by atoms with E-state index < -0.39 is 0 Å². The molecule has 7 rings (SSSR count). The predicted octanol–water partition coefficient (Wildman–Crippen LogP) is 4.03. The van der Waals surface area contributed by atoms with Gasteiger partial charge in [-0.25, -0.2) is 9.97 Å². The molecule has 1 unspecified atom stereocenters. The van der Waals surface area contributed by atoms with E-state index in [1.807, 2.05) is 12.1 Å². The van der Waals surface area contributed by atoms with Gasteiger partial charge in [0.05, 0.1) is 18.9 Å². The Kier molecular flexibility index (Phi) is 5.53. The fraction of sp³-hybridized carbons (Fsp3) is 0.630. The zero-order chi connectivity index (χ0) is 22.4. The number of rotatable bonds is 7. The zero-order valence-electron chi connectivity index (χ0n) is 19.7. The molecule has 4 fully saturated rings. The van der Waals surface area contributed by atoms with Crippen LogP contribution in [0.2, 0.25) is 0 Å². The van der Waals surface area contributed by atoms with Gasteiger partial charge in [-0.05, 0) is 85.8 Å². The first-order valence-electron chi connectivity index (χ1n) is 12.7. The number of aliphatic hydroxyl groups excluding tert-OH is 1. The van der Waals surface area contributed by atoms with E-state index in [2.05, 4.69) is 32.3 Å². The summed E-state index contributed by atoms with van der Waals surface area (Å²) >= 11 is 0. The van der Waals surface area contributed by atoms with Gasteiger partial charge in [0, 0.05) is 31.7 Å². The molecule has 1 atom stereocenters. The first kappa shape index (κ1) is 21.4. The topological polar surface area (TPSA) is 70.5 Å². The Morgan fingerprint density at radius 2 is 1.79 bits per heavy atom. The summed E-state index contributed by atoms with van der Waals surface area (Å²) in [5, 5.41) is 14.8. The van der Waals surface area contributed by atoms with Crippen LogP contribution in [0.3, 0.4) is 0 Å². The molecule has 0 spiro atoms. The summed E-state index contributed by atoms with van der Waals surface area (Å²) < 4.78 is 5.27. The number of fused-ring (bicyclic) bond motifs is 1. The molecule has 5 aliphatic rings. The Hall–Kier alpha value is -2.18. The van der Waals surface area contributed by atoms with Crippen molar-refractivity contribution < 1.29 is 9.84 Å². The molecule has 1 aromatic heterocycles. The van der Waals surface area contributed by atoms with Crippen LogP contribution in [0.4, 0.5) is 5.82 Å². The van der Waals surface area contributed by atoms with Gasteiger partial charge in [-0.1, -0.05) is 12.1 Å². The smallest absolute Gasteiger partial charge is 0.133 e. The molecule has 0 saturated heterocycles. The van der Waals surface area contributed by atoms with Crippen LogP contribution in [0.1, 0.15) is 55.3 Å². The number of methoxy groups -OCH3 is 1. The van der Waals surface area contributed by atoms with Gasteiger partial charge in [-0.3, -0.25) is 4.90 Å². The molecule has 2 N–H and O–H groups in total. The number of nitrogens with zero attached hydrogens (tertiary/aromatic N) is 3. The fourth-order valence-electron chi connectivity index (χ4n) is 7.68. The first-order chi connectivity index (χ1) is 16.1. The van der Waals surface area contributed by atoms with E-state index in [0.29, 0.717) is 6.54 Å². The van der Waals surface area contributed by atoms with Crippen molar-refractivity contribution in [3.63, 3.8) is 0 Å². The number of anilines is 1. The van der Waals surface area contributed by atoms with Gasteiger partial charge in [-0.2, -0.15) is 0 Å². The lowest BCUT2D eigenvalue weighted by atomic mass is 9.48. The normalized spacial score (nSPS) is 31.3. The fourth-order valence-corrected chi connectivity index (χ4v) is 7.68. The second-order valence-corrected chi connectivity index (χ2v) is 11.1. The van der Waals surface area contributed by atoms with Crippen molar-refractivity contribution >= 4 is 5.82 Å². The molecule has 6 heteroatoms. The Balaban J connectivity index is 1.10. The lowest BCUT2D eigenvalue weighted by molar-refractivity contribution is -0.115. The third kappa shape index (κ3) is 4.12. The van der Waals surface area contributed by atoms with E-state index in [4.69, 9.17) is 4.74 Å². The average molecular weight is 449 g/mol. The summed E-state index contributed by atoms with van der Waals surface area (Å²) in [6.45, 7) is 3.32. The number of benzene rings is 1. The summed E-state index contributed by atoms with van der Waals surface area (Å²) in [6.07, 6.45) is 10.2. The Morgan fingerprint density at radius 1 is 1.09 bits per heavy atom. The van der Waals surface area contributed by atoms with E-state index in [9.17, 15) is 5.11 Å². The van der Waals surface area contributed by atoms with Gasteiger partial charge >= 0.3 is 0 Å². The summed E-state index contributed by atoms with van der Waals surface area (Å²) in [7, 11) is 1.70. The van der Waals surface area contributed by atoms with Crippen LogP contribution >= 0.6 is 0 Å². The maximum atomic E-state index is 11.3. The molecular weight excluding hydrogens is 412 g/mol. The lowest BCUT2D eigenvalue weighted by Crippen LogP contribution is -2.53. The van der Waals surface area contributed by atoms with E-state index >= 15 is 0 Å². The SMILES string of the molecule is COc1ccc(CN2CCc3c(ncnc3NCC(O)C34CC5CC(CC(C5)C3)C4)C2)cc1. The largest absolute Gasteiger partial charge is 0.497 e. The van der Waals surface area contributed by atoms with Crippen LogP contribution in [0.15, 0.2) is 30.6 Å². The molecule has 0 radical (unpaired) electrons. The van der Waals surface area contributed by atoms with Crippen molar-refractivity contribution in [3.05, 3.63) is 47.4 Å². The predicted molar refractivity (Wildman–Crippen MR) is 128 cm³/mol. The number of ether oxygens (including phenoxy) is 1. The zero-order valence-corrected chi connectivity index (χ0v) is 19.7. The molecule has 2 aromatic rings. The minimum atomic E-state index is -0.285. The molecule has 6 nitrogen and oxygen atoms in total. The van der Waals surface area contributed by atoms with Crippen molar-refractivity contribution in [1.29, 1.82) is 0 Å². The van der Waals surface area contributed by atoms with Crippen LogP contribution in [0.5, 0.6) is 5.75 Å². The van der Waals surface area contributed by atoms with E-state index in [-0.39, 0.29) is 11.5 Å². The summed E-state index contributed by atoms with van der Waals surface area (Å²) in [6, 6.07) is 8.30. The molecule has 1 aliphatic heterocycles. The highest BCUT2D eigenvalue weighted by Crippen LogP contribution is 2.61. The second kappa shape index (κ2) is 8.55. The molecule has 4 bridgehead atoms. The Bertz CT molecular complexity index is 957. The molecule has 4 aliphatic carbocycles. The van der Waals surface area contributed by atoms with Crippen LogP contribution in [-0.2, 0) is 19.5 Å². The highest BCUT2D eigenvalue weighted by Gasteiger charge is 2.53. The number of nitrogens with one attached hydrogen (secondary N) is 1. The number of hydrogen-bond acceptors (Lipinski definition) is 6. The minimum absolute atomic E-state index is 0.143. The number of aromatic nitrogens is 2. The summed E-state index contributed by atoms with van der Waals surface area (Å²) in [5.41, 5.74) is 3.76. The van der Waals surface area contributed by atoms with Crippen molar-refractivity contribution in [2.45, 2.75) is 64.1 Å². The van der Waals surface area contributed by atoms with Gasteiger partial charge < -0.3 is 15.2 Å². The molecule has 33 heavy (non-hydrogen) atoms. The van der Waals surface area contributed by atoms with Crippen molar-refractivity contribution in [2.24, 2.45) is 23.2 Å². The number of hydrogen-bond donors (Lipinski definition) is 2. The van der Waals surface area contributed by atoms with E-state index in [1.54, 1.807) is 13.4 Å². The lowest BCUT2D eigenvalue weighted by Gasteiger charge is -2.58. The summed E-state index contributed by atoms with van der Waals surface area (Å²) in [4.78, 5) is 11.6. The first-order valence-corrected chi connectivity index (χ1v) is 12.7. The Morgan fingerprint density at radius 3 is 2.45 bits per heavy atom. The maximum absolute atomic E-state index is 11.3. The van der Waals surface area contributed by atoms with Crippen molar-refractivity contribution in [3.8, 4) is 5.75 Å². The van der Waals surface area contributed by atoms with Gasteiger partial charge in [0.15, 0.2) is 0 Å². The highest BCUT2D eigenvalue weighted by molar-refractivity contribution is 5.47. The number of aliphatic hydroxyl groups is 1. The van der Waals surface area contributed by atoms with E-state index in [1.165, 1.54) is 49.7 Å². The van der Waals surface area contributed by atoms with Crippen LogP contribution in [0.25, 0.3) is 0 Å². The molecule has 1 aromatic carbocycles. The van der Waals surface area contributed by atoms with Gasteiger partial charge in [0.25, 0.3) is 0 Å². The molecule has 2 heterocycles. The van der Waals surface area contributed by atoms with Crippen molar-refractivity contribution in [1.82, 2.24) is 14.9 Å². The quantitative estimate of drug-likeness (QED) is 0.666. The third-order valence-electron chi connectivity index (χ3n) is 8.91.